The van der Waals surface area contributed by atoms with Gasteiger partial charge in [0.05, 0.1) is 0 Å². The molecule has 0 spiro atoms. The molecule has 2 heteroatoms. The lowest BCUT2D eigenvalue weighted by Crippen LogP contribution is -2.23. The number of nitrogens with one attached hydrogen (secondary N) is 1. The smallest absolute Gasteiger partial charge is 0.0393 e. The van der Waals surface area contributed by atoms with Crippen molar-refractivity contribution >= 4 is 11.4 Å². The average molecular weight is 218 g/mol. The highest BCUT2D eigenvalue weighted by molar-refractivity contribution is 5.63. The topological polar surface area (TPSA) is 15.3 Å². The van der Waals surface area contributed by atoms with Crippen molar-refractivity contribution in [2.24, 2.45) is 5.92 Å². The van der Waals surface area contributed by atoms with Crippen molar-refractivity contribution < 1.29 is 0 Å². The Bertz CT molecular complexity index is 358. The monoisotopic (exact) mass is 218 g/mol. The molecule has 1 heterocycles. The van der Waals surface area contributed by atoms with Gasteiger partial charge in [-0.05, 0) is 36.5 Å². The molecule has 1 aromatic rings. The maximum Gasteiger partial charge on any atom is 0.0393 e. The van der Waals surface area contributed by atoms with Crippen LogP contribution in [0.25, 0.3) is 0 Å². The van der Waals surface area contributed by atoms with Gasteiger partial charge in [-0.2, -0.15) is 0 Å². The molecule has 1 aliphatic heterocycles. The highest BCUT2D eigenvalue weighted by Gasteiger charge is 2.10. The van der Waals surface area contributed by atoms with E-state index in [2.05, 4.69) is 49.3 Å². The summed E-state index contributed by atoms with van der Waals surface area (Å²) >= 11 is 0. The molecule has 0 bridgehead atoms. The fraction of sp³-hybridized carbons (Fsp3) is 0.571. The highest BCUT2D eigenvalue weighted by Crippen LogP contribution is 2.27. The van der Waals surface area contributed by atoms with Crippen LogP contribution in [-0.4, -0.2) is 20.1 Å². The predicted molar refractivity (Wildman–Crippen MR) is 71.4 cm³/mol. The third-order valence-corrected chi connectivity index (χ3v) is 3.11. The summed E-state index contributed by atoms with van der Waals surface area (Å²) in [5.74, 6) is 0.703. The Hall–Kier alpha value is -1.18. The standard InChI is InChI=1S/C14H22N2/c1-11(2)10-16(3)13-7-6-12-5-4-8-15-14(12)9-13/h6-7,9,11,15H,4-5,8,10H2,1-3H3. The third kappa shape index (κ3) is 2.49. The first-order chi connectivity index (χ1) is 7.66. The molecule has 2 nitrogen and oxygen atoms in total. The van der Waals surface area contributed by atoms with E-state index in [9.17, 15) is 0 Å². The molecule has 1 aromatic carbocycles. The molecule has 0 saturated heterocycles. The number of anilines is 2. The molecule has 0 atom stereocenters. The summed E-state index contributed by atoms with van der Waals surface area (Å²) < 4.78 is 0. The number of nitrogens with zero attached hydrogens (tertiary/aromatic N) is 1. The van der Waals surface area contributed by atoms with Crippen molar-refractivity contribution in [3.8, 4) is 0 Å². The number of benzene rings is 1. The highest BCUT2D eigenvalue weighted by atomic mass is 15.1. The van der Waals surface area contributed by atoms with Gasteiger partial charge in [0.2, 0.25) is 0 Å². The Morgan fingerprint density at radius 1 is 1.38 bits per heavy atom. The first kappa shape index (κ1) is 11.3. The van der Waals surface area contributed by atoms with Crippen molar-refractivity contribution in [3.05, 3.63) is 23.8 Å². The predicted octanol–water partition coefficient (Wildman–Crippen LogP) is 3.14. The van der Waals surface area contributed by atoms with Gasteiger partial charge in [0, 0.05) is 31.5 Å². The van der Waals surface area contributed by atoms with Crippen molar-refractivity contribution in [2.45, 2.75) is 26.7 Å². The summed E-state index contributed by atoms with van der Waals surface area (Å²) in [6.07, 6.45) is 2.48. The zero-order valence-corrected chi connectivity index (χ0v) is 10.6. The van der Waals surface area contributed by atoms with Crippen molar-refractivity contribution in [2.75, 3.05) is 30.4 Å². The molecule has 0 amide bonds. The van der Waals surface area contributed by atoms with Crippen molar-refractivity contribution in [1.82, 2.24) is 0 Å². The summed E-state index contributed by atoms with van der Waals surface area (Å²) in [6.45, 7) is 6.74. The van der Waals surface area contributed by atoms with E-state index in [4.69, 9.17) is 0 Å². The molecule has 16 heavy (non-hydrogen) atoms. The van der Waals surface area contributed by atoms with E-state index >= 15 is 0 Å². The fourth-order valence-electron chi connectivity index (χ4n) is 2.34. The van der Waals surface area contributed by atoms with Crippen LogP contribution >= 0.6 is 0 Å². The van der Waals surface area contributed by atoms with E-state index in [-0.39, 0.29) is 0 Å². The average Bonchev–Trinajstić information content (AvgIpc) is 2.27. The Morgan fingerprint density at radius 2 is 2.19 bits per heavy atom. The molecular weight excluding hydrogens is 196 g/mol. The van der Waals surface area contributed by atoms with Gasteiger partial charge < -0.3 is 10.2 Å². The molecule has 0 fully saturated rings. The quantitative estimate of drug-likeness (QED) is 0.838. The summed E-state index contributed by atoms with van der Waals surface area (Å²) in [7, 11) is 2.17. The molecular formula is C14H22N2. The van der Waals surface area contributed by atoms with Crippen LogP contribution in [0.15, 0.2) is 18.2 Å². The van der Waals surface area contributed by atoms with Crippen LogP contribution in [0, 0.1) is 5.92 Å². The van der Waals surface area contributed by atoms with Crippen molar-refractivity contribution in [3.63, 3.8) is 0 Å². The number of rotatable bonds is 3. The minimum atomic E-state index is 0.703. The molecule has 0 aromatic heterocycles. The largest absolute Gasteiger partial charge is 0.385 e. The summed E-state index contributed by atoms with van der Waals surface area (Å²) in [6, 6.07) is 6.80. The van der Waals surface area contributed by atoms with E-state index in [0.29, 0.717) is 5.92 Å². The SMILES string of the molecule is CC(C)CN(C)c1ccc2c(c1)NCCC2. The van der Waals surface area contributed by atoms with Crippen LogP contribution in [0.3, 0.4) is 0 Å². The summed E-state index contributed by atoms with van der Waals surface area (Å²) in [4.78, 5) is 2.33. The van der Waals surface area contributed by atoms with Gasteiger partial charge in [-0.1, -0.05) is 19.9 Å². The number of hydrogen-bond acceptors (Lipinski definition) is 2. The summed E-state index contributed by atoms with van der Waals surface area (Å²) in [5, 5.41) is 3.48. The lowest BCUT2D eigenvalue weighted by atomic mass is 10.0. The maximum atomic E-state index is 3.48. The van der Waals surface area contributed by atoms with Crippen LogP contribution in [0.1, 0.15) is 25.8 Å². The van der Waals surface area contributed by atoms with E-state index in [1.165, 1.54) is 29.8 Å². The molecule has 1 N–H and O–H groups in total. The normalized spacial score (nSPS) is 14.5. The van der Waals surface area contributed by atoms with Gasteiger partial charge in [0.1, 0.15) is 0 Å². The molecule has 0 unspecified atom stereocenters. The molecule has 0 saturated carbocycles. The Morgan fingerprint density at radius 3 is 2.94 bits per heavy atom. The zero-order valence-electron chi connectivity index (χ0n) is 10.6. The second-order valence-electron chi connectivity index (χ2n) is 5.15. The number of aryl methyl sites for hydroxylation is 1. The van der Waals surface area contributed by atoms with Gasteiger partial charge in [-0.25, -0.2) is 0 Å². The van der Waals surface area contributed by atoms with Crippen LogP contribution in [-0.2, 0) is 6.42 Å². The second kappa shape index (κ2) is 4.77. The Balaban J connectivity index is 2.16. The molecule has 88 valence electrons. The van der Waals surface area contributed by atoms with Crippen LogP contribution < -0.4 is 10.2 Å². The Kier molecular flexibility index (Phi) is 3.37. The molecule has 2 rings (SSSR count). The molecule has 0 aliphatic carbocycles. The second-order valence-corrected chi connectivity index (χ2v) is 5.15. The first-order valence-corrected chi connectivity index (χ1v) is 6.25. The zero-order chi connectivity index (χ0) is 11.5. The fourth-order valence-corrected chi connectivity index (χ4v) is 2.34. The van der Waals surface area contributed by atoms with E-state index in [1.54, 1.807) is 0 Å². The van der Waals surface area contributed by atoms with E-state index in [1.807, 2.05) is 0 Å². The minimum Gasteiger partial charge on any atom is -0.385 e. The lowest BCUT2D eigenvalue weighted by Gasteiger charge is -2.25. The van der Waals surface area contributed by atoms with E-state index in [0.717, 1.165) is 13.1 Å². The van der Waals surface area contributed by atoms with Crippen LogP contribution in [0.2, 0.25) is 0 Å². The summed E-state index contributed by atoms with van der Waals surface area (Å²) in [5.41, 5.74) is 4.12. The van der Waals surface area contributed by atoms with Gasteiger partial charge in [-0.3, -0.25) is 0 Å². The van der Waals surface area contributed by atoms with Gasteiger partial charge in [-0.15, -0.1) is 0 Å². The lowest BCUT2D eigenvalue weighted by molar-refractivity contribution is 0.638. The first-order valence-electron chi connectivity index (χ1n) is 6.25. The van der Waals surface area contributed by atoms with Crippen molar-refractivity contribution in [1.29, 1.82) is 0 Å². The van der Waals surface area contributed by atoms with Gasteiger partial charge in [0.15, 0.2) is 0 Å². The minimum absolute atomic E-state index is 0.703. The Labute approximate surface area is 98.7 Å². The number of hydrogen-bond donors (Lipinski definition) is 1. The van der Waals surface area contributed by atoms with Crippen LogP contribution in [0.4, 0.5) is 11.4 Å². The number of fused-ring (bicyclic) bond motifs is 1. The molecule has 1 aliphatic rings. The maximum absolute atomic E-state index is 3.48. The molecule has 0 radical (unpaired) electrons. The van der Waals surface area contributed by atoms with Crippen LogP contribution in [0.5, 0.6) is 0 Å². The van der Waals surface area contributed by atoms with E-state index < -0.39 is 0 Å². The van der Waals surface area contributed by atoms with Gasteiger partial charge >= 0.3 is 0 Å². The third-order valence-electron chi connectivity index (χ3n) is 3.11. The van der Waals surface area contributed by atoms with Gasteiger partial charge in [0.25, 0.3) is 0 Å².